The highest BCUT2D eigenvalue weighted by molar-refractivity contribution is 7.89. The van der Waals surface area contributed by atoms with Crippen LogP contribution >= 0.6 is 0 Å². The molecule has 8 nitrogen and oxygen atoms in total. The number of carbonyl (C=O) groups is 1. The van der Waals surface area contributed by atoms with E-state index in [1.807, 2.05) is 24.8 Å². The van der Waals surface area contributed by atoms with Gasteiger partial charge in [0.15, 0.2) is 0 Å². The first-order chi connectivity index (χ1) is 15.6. The van der Waals surface area contributed by atoms with E-state index in [-0.39, 0.29) is 29.2 Å². The summed E-state index contributed by atoms with van der Waals surface area (Å²) in [5.74, 6) is -0.247. The maximum atomic E-state index is 12.7. The number of hydrogen-bond donors (Lipinski definition) is 4. The van der Waals surface area contributed by atoms with Gasteiger partial charge in [-0.3, -0.25) is 10.2 Å². The fourth-order valence-electron chi connectivity index (χ4n) is 3.47. The Kier molecular flexibility index (Phi) is 7.15. The molecule has 0 saturated heterocycles. The van der Waals surface area contributed by atoms with E-state index in [0.717, 1.165) is 5.69 Å². The molecule has 9 heteroatoms. The minimum atomic E-state index is -3.86. The van der Waals surface area contributed by atoms with Crippen molar-refractivity contribution in [2.45, 2.75) is 24.8 Å². The minimum Gasteiger partial charge on any atom is -0.384 e. The van der Waals surface area contributed by atoms with Crippen molar-refractivity contribution in [3.8, 4) is 11.1 Å². The Hall–Kier alpha value is -3.69. The normalized spacial score (nSPS) is 11.3. The zero-order valence-electron chi connectivity index (χ0n) is 18.4. The lowest BCUT2D eigenvalue weighted by Crippen LogP contribution is -2.38. The average molecular weight is 466 g/mol. The van der Waals surface area contributed by atoms with Gasteiger partial charge in [-0.15, -0.1) is 0 Å². The van der Waals surface area contributed by atoms with Crippen LogP contribution in [0.3, 0.4) is 0 Å². The smallest absolute Gasteiger partial charge is 0.243 e. The van der Waals surface area contributed by atoms with Gasteiger partial charge in [-0.05, 0) is 49.7 Å². The van der Waals surface area contributed by atoms with E-state index in [2.05, 4.69) is 5.32 Å². The molecule has 0 aliphatic carbocycles. The number of nitrogens with zero attached hydrogens (tertiary/aromatic N) is 1. The van der Waals surface area contributed by atoms with E-state index in [9.17, 15) is 13.2 Å². The molecule has 0 heterocycles. The molecule has 0 aromatic heterocycles. The van der Waals surface area contributed by atoms with E-state index in [0.29, 0.717) is 22.4 Å². The quantitative estimate of drug-likeness (QED) is 0.299. The molecule has 6 N–H and O–H groups in total. The standard InChI is InChI=1S/C24H27N5O3S/c1-16(2)29(20-7-5-6-18(14-20)24(25)26)15-23(30)28-19-12-10-17(11-13-19)21-8-3-4-9-22(21)33(27,31)32/h3-14,16H,15H2,1-2H3,(H3,25,26)(H,28,30)(H2,27,31,32). The second-order valence-electron chi connectivity index (χ2n) is 7.85. The van der Waals surface area contributed by atoms with Gasteiger partial charge in [0.2, 0.25) is 15.9 Å². The Morgan fingerprint density at radius 1 is 1.03 bits per heavy atom. The summed E-state index contributed by atoms with van der Waals surface area (Å²) in [4.78, 5) is 14.7. The van der Waals surface area contributed by atoms with Crippen molar-refractivity contribution in [1.29, 1.82) is 5.41 Å². The first-order valence-electron chi connectivity index (χ1n) is 10.3. The molecular weight excluding hydrogens is 438 g/mol. The van der Waals surface area contributed by atoms with Gasteiger partial charge in [-0.25, -0.2) is 13.6 Å². The number of carbonyl (C=O) groups excluding carboxylic acids is 1. The Morgan fingerprint density at radius 3 is 2.30 bits per heavy atom. The van der Waals surface area contributed by atoms with Gasteiger partial charge in [0.05, 0.1) is 11.4 Å². The van der Waals surface area contributed by atoms with Crippen LogP contribution in [0.1, 0.15) is 19.4 Å². The summed E-state index contributed by atoms with van der Waals surface area (Å²) >= 11 is 0. The van der Waals surface area contributed by atoms with Crippen molar-refractivity contribution in [1.82, 2.24) is 0 Å². The van der Waals surface area contributed by atoms with Gasteiger partial charge in [0.25, 0.3) is 0 Å². The average Bonchev–Trinajstić information content (AvgIpc) is 2.77. The van der Waals surface area contributed by atoms with E-state index in [4.69, 9.17) is 16.3 Å². The van der Waals surface area contributed by atoms with Crippen LogP contribution in [0.2, 0.25) is 0 Å². The number of anilines is 2. The molecule has 33 heavy (non-hydrogen) atoms. The third-order valence-electron chi connectivity index (χ3n) is 5.10. The summed E-state index contributed by atoms with van der Waals surface area (Å²) in [5, 5.41) is 15.8. The van der Waals surface area contributed by atoms with Crippen molar-refractivity contribution >= 4 is 33.1 Å². The molecule has 0 radical (unpaired) electrons. The SMILES string of the molecule is CC(C)N(CC(=O)Nc1ccc(-c2ccccc2S(N)(=O)=O)cc1)c1cccc(C(=N)N)c1. The van der Waals surface area contributed by atoms with Crippen molar-refractivity contribution in [2.75, 3.05) is 16.8 Å². The first-order valence-corrected chi connectivity index (χ1v) is 11.8. The first kappa shape index (κ1) is 24.0. The Bertz CT molecular complexity index is 1270. The number of amides is 1. The van der Waals surface area contributed by atoms with Crippen molar-refractivity contribution in [2.24, 2.45) is 10.9 Å². The summed E-state index contributed by atoms with van der Waals surface area (Å²) in [6, 6.07) is 20.6. The predicted octanol–water partition coefficient (Wildman–Crippen LogP) is 3.14. The Labute approximate surface area is 193 Å². The summed E-state index contributed by atoms with van der Waals surface area (Å²) in [6.07, 6.45) is 0. The molecule has 0 saturated carbocycles. The fraction of sp³-hybridized carbons (Fsp3) is 0.167. The summed E-state index contributed by atoms with van der Waals surface area (Å²) < 4.78 is 23.7. The zero-order valence-corrected chi connectivity index (χ0v) is 19.3. The van der Waals surface area contributed by atoms with Crippen LogP contribution in [0.15, 0.2) is 77.7 Å². The molecule has 0 aliphatic rings. The molecule has 3 aromatic rings. The number of amidine groups is 1. The van der Waals surface area contributed by atoms with Crippen molar-refractivity contribution < 1.29 is 13.2 Å². The number of primary sulfonamides is 1. The van der Waals surface area contributed by atoms with Crippen molar-refractivity contribution in [3.63, 3.8) is 0 Å². The van der Waals surface area contributed by atoms with Crippen LogP contribution in [0.4, 0.5) is 11.4 Å². The highest BCUT2D eigenvalue weighted by atomic mass is 32.2. The molecule has 172 valence electrons. The number of benzene rings is 3. The Balaban J connectivity index is 1.76. The molecule has 0 spiro atoms. The van der Waals surface area contributed by atoms with Crippen LogP contribution in [-0.4, -0.2) is 32.7 Å². The van der Waals surface area contributed by atoms with Gasteiger partial charge in [0, 0.05) is 28.5 Å². The van der Waals surface area contributed by atoms with Gasteiger partial charge >= 0.3 is 0 Å². The minimum absolute atomic E-state index is 0.0332. The third-order valence-corrected chi connectivity index (χ3v) is 6.07. The number of sulfonamides is 1. The van der Waals surface area contributed by atoms with Crippen LogP contribution in [-0.2, 0) is 14.8 Å². The molecule has 0 fully saturated rings. The van der Waals surface area contributed by atoms with E-state index in [1.165, 1.54) is 6.07 Å². The van der Waals surface area contributed by atoms with Gasteiger partial charge in [0.1, 0.15) is 5.84 Å². The van der Waals surface area contributed by atoms with Crippen LogP contribution < -0.4 is 21.1 Å². The lowest BCUT2D eigenvalue weighted by atomic mass is 10.1. The molecule has 3 rings (SSSR count). The van der Waals surface area contributed by atoms with Crippen LogP contribution in [0.5, 0.6) is 0 Å². The van der Waals surface area contributed by atoms with Gasteiger partial charge < -0.3 is 16.0 Å². The largest absolute Gasteiger partial charge is 0.384 e. The molecule has 0 aliphatic heterocycles. The number of nitrogen functional groups attached to an aromatic ring is 1. The maximum Gasteiger partial charge on any atom is 0.243 e. The third kappa shape index (κ3) is 5.97. The summed E-state index contributed by atoms with van der Waals surface area (Å²) in [5.41, 5.74) is 8.73. The molecule has 0 bridgehead atoms. The van der Waals surface area contributed by atoms with Crippen molar-refractivity contribution in [3.05, 3.63) is 78.4 Å². The topological polar surface area (TPSA) is 142 Å². The fourth-order valence-corrected chi connectivity index (χ4v) is 4.23. The number of hydrogen-bond acceptors (Lipinski definition) is 5. The number of rotatable bonds is 8. The maximum absolute atomic E-state index is 12.7. The van der Waals surface area contributed by atoms with Gasteiger partial charge in [-0.1, -0.05) is 42.5 Å². The highest BCUT2D eigenvalue weighted by Gasteiger charge is 2.17. The molecule has 0 unspecified atom stereocenters. The molecule has 0 atom stereocenters. The summed E-state index contributed by atoms with van der Waals surface area (Å²) in [7, 11) is -3.86. The lowest BCUT2D eigenvalue weighted by molar-refractivity contribution is -0.115. The number of nitrogens with one attached hydrogen (secondary N) is 2. The lowest BCUT2D eigenvalue weighted by Gasteiger charge is -2.28. The predicted molar refractivity (Wildman–Crippen MR) is 132 cm³/mol. The molecule has 1 amide bonds. The molecule has 3 aromatic carbocycles. The summed E-state index contributed by atoms with van der Waals surface area (Å²) in [6.45, 7) is 4.06. The van der Waals surface area contributed by atoms with E-state index < -0.39 is 10.0 Å². The second-order valence-corrected chi connectivity index (χ2v) is 9.38. The highest BCUT2D eigenvalue weighted by Crippen LogP contribution is 2.27. The van der Waals surface area contributed by atoms with Crippen LogP contribution in [0.25, 0.3) is 11.1 Å². The van der Waals surface area contributed by atoms with Crippen LogP contribution in [0, 0.1) is 5.41 Å². The Morgan fingerprint density at radius 2 is 1.70 bits per heavy atom. The van der Waals surface area contributed by atoms with E-state index in [1.54, 1.807) is 60.7 Å². The van der Waals surface area contributed by atoms with Gasteiger partial charge in [-0.2, -0.15) is 0 Å². The zero-order chi connectivity index (χ0) is 24.2. The molecular formula is C24H27N5O3S. The monoisotopic (exact) mass is 465 g/mol. The van der Waals surface area contributed by atoms with E-state index >= 15 is 0 Å². The second kappa shape index (κ2) is 9.85. The number of nitrogens with two attached hydrogens (primary N) is 2.